The van der Waals surface area contributed by atoms with Crippen molar-refractivity contribution in [3.8, 4) is 0 Å². The van der Waals surface area contributed by atoms with Crippen LogP contribution >= 0.6 is 34.2 Å². The number of carbonyl (C=O) groups excluding carboxylic acids is 1. The first-order valence-corrected chi connectivity index (χ1v) is 7.58. The first kappa shape index (κ1) is 17.3. The van der Waals surface area contributed by atoms with E-state index in [-0.39, 0.29) is 6.42 Å². The lowest BCUT2D eigenvalue weighted by molar-refractivity contribution is -0.336. The van der Waals surface area contributed by atoms with Crippen LogP contribution in [0.25, 0.3) is 0 Å². The van der Waals surface area contributed by atoms with Gasteiger partial charge in [0.1, 0.15) is 0 Å². The van der Waals surface area contributed by atoms with Crippen molar-refractivity contribution in [3.63, 3.8) is 0 Å². The highest BCUT2D eigenvalue weighted by Gasteiger charge is 2.33. The molecule has 0 spiro atoms. The Morgan fingerprint density at radius 2 is 2.14 bits per heavy atom. The second-order valence-corrected chi connectivity index (χ2v) is 6.04. The number of alkyl halides is 3. The van der Waals surface area contributed by atoms with E-state index in [2.05, 4.69) is 10.1 Å². The van der Waals surface area contributed by atoms with Gasteiger partial charge in [0.25, 0.3) is 5.91 Å². The second-order valence-electron chi connectivity index (χ2n) is 4.47. The highest BCUT2D eigenvalue weighted by Crippen LogP contribution is 2.24. The summed E-state index contributed by atoms with van der Waals surface area (Å²) in [5.41, 5.74) is 0.726. The summed E-state index contributed by atoms with van der Waals surface area (Å²) in [6, 6.07) is 4.73. The van der Waals surface area contributed by atoms with E-state index in [4.69, 9.17) is 11.6 Å². The zero-order valence-electron chi connectivity index (χ0n) is 11.0. The van der Waals surface area contributed by atoms with Crippen LogP contribution in [0.2, 0.25) is 5.02 Å². The molecule has 1 aliphatic carbocycles. The Labute approximate surface area is 143 Å². The molecule has 0 fully saturated rings. The van der Waals surface area contributed by atoms with Gasteiger partial charge in [0.15, 0.2) is 0 Å². The zero-order chi connectivity index (χ0) is 16.3. The van der Waals surface area contributed by atoms with Crippen molar-refractivity contribution in [2.24, 2.45) is 0 Å². The normalized spacial score (nSPS) is 18.0. The van der Waals surface area contributed by atoms with E-state index in [1.807, 2.05) is 22.6 Å². The largest absolute Gasteiger partial charge is 0.523 e. The minimum Gasteiger partial charge on any atom is -0.326 e. The summed E-state index contributed by atoms with van der Waals surface area (Å²) in [5.74, 6) is -0.415. The average Bonchev–Trinajstić information content (AvgIpc) is 2.40. The molecule has 0 saturated heterocycles. The van der Waals surface area contributed by atoms with Crippen molar-refractivity contribution in [3.05, 3.63) is 56.3 Å². The number of hydrogen-bond donors (Lipinski definition) is 1. The van der Waals surface area contributed by atoms with Crippen LogP contribution in [-0.4, -0.2) is 18.4 Å². The number of ether oxygens (including phenoxy) is 1. The maximum Gasteiger partial charge on any atom is 0.523 e. The number of rotatable bonds is 3. The van der Waals surface area contributed by atoms with Crippen LogP contribution in [0.4, 0.5) is 13.2 Å². The minimum atomic E-state index is -4.71. The van der Waals surface area contributed by atoms with E-state index in [0.29, 0.717) is 19.9 Å². The number of carbonyl (C=O) groups is 1. The molecule has 1 aromatic carbocycles. The number of nitrogens with one attached hydrogen (secondary N) is 1. The van der Waals surface area contributed by atoms with Crippen LogP contribution in [0.1, 0.15) is 16.8 Å². The van der Waals surface area contributed by atoms with Crippen molar-refractivity contribution in [1.29, 1.82) is 0 Å². The minimum absolute atomic E-state index is 0.0631. The number of amides is 1. The topological polar surface area (TPSA) is 38.3 Å². The maximum atomic E-state index is 12.2. The Balaban J connectivity index is 2.01. The molecule has 22 heavy (non-hydrogen) atoms. The van der Waals surface area contributed by atoms with Gasteiger partial charge >= 0.3 is 6.36 Å². The quantitative estimate of drug-likeness (QED) is 0.703. The molecular weight excluding hydrogens is 434 g/mol. The Kier molecular flexibility index (Phi) is 5.51. The molecule has 3 nitrogen and oxygen atoms in total. The predicted octanol–water partition coefficient (Wildman–Crippen LogP) is 4.42. The van der Waals surface area contributed by atoms with Crippen LogP contribution in [0.15, 0.2) is 42.1 Å². The molecular formula is C14H10ClF3INO2. The third kappa shape index (κ3) is 4.99. The van der Waals surface area contributed by atoms with Gasteiger partial charge in [0.05, 0.1) is 11.1 Å². The van der Waals surface area contributed by atoms with Crippen molar-refractivity contribution >= 4 is 40.1 Å². The molecule has 1 amide bonds. The number of hydrogen-bond acceptors (Lipinski definition) is 2. The number of allylic oxidation sites excluding steroid dienone is 2. The molecule has 8 heteroatoms. The first-order valence-electron chi connectivity index (χ1n) is 6.13. The van der Waals surface area contributed by atoms with Crippen LogP contribution in [0, 0.1) is 3.57 Å². The molecule has 1 aromatic rings. The molecule has 1 unspecified atom stereocenters. The van der Waals surface area contributed by atoms with E-state index < -0.39 is 18.4 Å². The molecule has 1 atom stereocenters. The molecule has 0 radical (unpaired) electrons. The summed E-state index contributed by atoms with van der Waals surface area (Å²) in [7, 11) is 0. The lowest BCUT2D eigenvalue weighted by Crippen LogP contribution is -2.29. The monoisotopic (exact) mass is 443 g/mol. The molecule has 0 aromatic heterocycles. The highest BCUT2D eigenvalue weighted by atomic mass is 127. The second kappa shape index (κ2) is 7.01. The lowest BCUT2D eigenvalue weighted by Gasteiger charge is -2.20. The molecule has 1 aliphatic rings. The molecule has 0 heterocycles. The lowest BCUT2D eigenvalue weighted by atomic mass is 10.1. The van der Waals surface area contributed by atoms with Crippen LogP contribution < -0.4 is 5.32 Å². The predicted molar refractivity (Wildman–Crippen MR) is 84.4 cm³/mol. The summed E-state index contributed by atoms with van der Waals surface area (Å²) in [6.07, 6.45) is -1.68. The van der Waals surface area contributed by atoms with Crippen LogP contribution in [-0.2, 0) is 4.74 Å². The Hall–Kier alpha value is -1.06. The molecule has 1 N–H and O–H groups in total. The van der Waals surface area contributed by atoms with Gasteiger partial charge in [0.2, 0.25) is 0 Å². The molecule has 118 valence electrons. The van der Waals surface area contributed by atoms with Gasteiger partial charge in [-0.1, -0.05) is 23.8 Å². The van der Waals surface area contributed by atoms with Crippen molar-refractivity contribution in [2.45, 2.75) is 18.9 Å². The van der Waals surface area contributed by atoms with Gasteiger partial charge < -0.3 is 5.32 Å². The summed E-state index contributed by atoms with van der Waals surface area (Å²) in [5, 5.41) is 3.10. The fraction of sp³-hybridized carbons (Fsp3) is 0.214. The molecule has 0 aliphatic heterocycles. The van der Waals surface area contributed by atoms with E-state index in [1.54, 1.807) is 18.2 Å². The third-order valence-electron chi connectivity index (χ3n) is 2.79. The molecule has 0 bridgehead atoms. The van der Waals surface area contributed by atoms with E-state index in [9.17, 15) is 18.0 Å². The fourth-order valence-electron chi connectivity index (χ4n) is 1.85. The summed E-state index contributed by atoms with van der Waals surface area (Å²) >= 11 is 7.86. The number of halogens is 5. The maximum absolute atomic E-state index is 12.2. The van der Waals surface area contributed by atoms with E-state index >= 15 is 0 Å². The van der Waals surface area contributed by atoms with E-state index in [1.165, 1.54) is 18.2 Å². The van der Waals surface area contributed by atoms with Gasteiger partial charge in [-0.15, -0.1) is 13.2 Å². The zero-order valence-corrected chi connectivity index (χ0v) is 13.9. The summed E-state index contributed by atoms with van der Waals surface area (Å²) < 4.78 is 41.2. The standard InChI is InChI=1S/C14H10ClF3INO2/c15-11-5-4-8(6-12(11)19)13(21)20-9-2-1-3-10(7-9)22-14(16,17)18/h1-6,10H,7H2,(H,20,21). The van der Waals surface area contributed by atoms with Gasteiger partial charge in [-0.05, 0) is 46.9 Å². The van der Waals surface area contributed by atoms with Crippen molar-refractivity contribution < 1.29 is 22.7 Å². The first-order chi connectivity index (χ1) is 10.2. The Morgan fingerprint density at radius 3 is 2.77 bits per heavy atom. The van der Waals surface area contributed by atoms with Gasteiger partial charge in [-0.2, -0.15) is 0 Å². The summed E-state index contributed by atoms with van der Waals surface area (Å²) in [6.45, 7) is 0. The van der Waals surface area contributed by atoms with Crippen LogP contribution in [0.5, 0.6) is 0 Å². The highest BCUT2D eigenvalue weighted by molar-refractivity contribution is 14.1. The summed E-state index contributed by atoms with van der Waals surface area (Å²) in [4.78, 5) is 12.1. The SMILES string of the molecule is O=C(NC1=CC=CC(OC(F)(F)F)C1)c1ccc(Cl)c(I)c1. The van der Waals surface area contributed by atoms with Gasteiger partial charge in [-0.25, -0.2) is 0 Å². The van der Waals surface area contributed by atoms with Gasteiger partial charge in [-0.3, -0.25) is 9.53 Å². The van der Waals surface area contributed by atoms with Crippen molar-refractivity contribution in [1.82, 2.24) is 5.32 Å². The average molecular weight is 444 g/mol. The molecule has 2 rings (SSSR count). The van der Waals surface area contributed by atoms with Crippen molar-refractivity contribution in [2.75, 3.05) is 0 Å². The van der Waals surface area contributed by atoms with Crippen LogP contribution in [0.3, 0.4) is 0 Å². The van der Waals surface area contributed by atoms with E-state index in [0.717, 1.165) is 0 Å². The fourth-order valence-corrected chi connectivity index (χ4v) is 2.48. The van der Waals surface area contributed by atoms with Gasteiger partial charge in [0, 0.05) is 21.3 Å². The third-order valence-corrected chi connectivity index (χ3v) is 4.33. The number of benzene rings is 1. The Bertz CT molecular complexity index is 643. The Morgan fingerprint density at radius 1 is 1.41 bits per heavy atom. The smallest absolute Gasteiger partial charge is 0.326 e. The molecule has 0 saturated carbocycles.